The number of benzene rings is 1. The van der Waals surface area contributed by atoms with Crippen molar-refractivity contribution in [2.45, 2.75) is 6.92 Å². The van der Waals surface area contributed by atoms with Crippen molar-refractivity contribution in [2.24, 2.45) is 5.73 Å². The minimum atomic E-state index is -0.320. The molecule has 0 aliphatic carbocycles. The van der Waals surface area contributed by atoms with Gasteiger partial charge in [0.25, 0.3) is 0 Å². The van der Waals surface area contributed by atoms with Gasteiger partial charge in [-0.05, 0) is 30.8 Å². The smallest absolute Gasteiger partial charge is 0.231 e. The van der Waals surface area contributed by atoms with Crippen LogP contribution in [0.4, 0.5) is 5.69 Å². The first-order chi connectivity index (χ1) is 8.11. The molecule has 94 valence electrons. The molecule has 0 unspecified atom stereocenters. The summed E-state index contributed by atoms with van der Waals surface area (Å²) in [6.07, 6.45) is 0. The van der Waals surface area contributed by atoms with Crippen molar-refractivity contribution in [2.75, 3.05) is 32.0 Å². The summed E-state index contributed by atoms with van der Waals surface area (Å²) in [6.45, 7) is 4.21. The third-order valence-electron chi connectivity index (χ3n) is 2.38. The van der Waals surface area contributed by atoms with E-state index in [2.05, 4.69) is 0 Å². The zero-order chi connectivity index (χ0) is 12.7. The van der Waals surface area contributed by atoms with Gasteiger partial charge in [0.2, 0.25) is 5.91 Å². The molecule has 4 N–H and O–H groups in total. The molecule has 1 aromatic rings. The molecule has 0 aliphatic heterocycles. The van der Waals surface area contributed by atoms with Gasteiger partial charge in [-0.2, -0.15) is 0 Å². The fourth-order valence-corrected chi connectivity index (χ4v) is 1.43. The first-order valence-electron chi connectivity index (χ1n) is 5.60. The molecule has 0 atom stereocenters. The fraction of sp³-hybridized carbons (Fsp3) is 0.417. The highest BCUT2D eigenvalue weighted by Crippen LogP contribution is 2.12. The maximum absolute atomic E-state index is 10.8. The lowest BCUT2D eigenvalue weighted by molar-refractivity contribution is -0.119. The Bertz CT molecular complexity index is 351. The van der Waals surface area contributed by atoms with E-state index in [1.807, 2.05) is 24.0 Å². The molecule has 0 saturated carbocycles. The first kappa shape index (κ1) is 13.3. The van der Waals surface area contributed by atoms with E-state index >= 15 is 0 Å². The van der Waals surface area contributed by atoms with Crippen molar-refractivity contribution in [1.29, 1.82) is 0 Å². The van der Waals surface area contributed by atoms with Crippen LogP contribution in [0.2, 0.25) is 0 Å². The number of amides is 1. The van der Waals surface area contributed by atoms with Crippen LogP contribution in [-0.2, 0) is 4.79 Å². The molecule has 0 bridgehead atoms. The maximum atomic E-state index is 10.8. The van der Waals surface area contributed by atoms with Crippen molar-refractivity contribution >= 4 is 11.6 Å². The molecule has 0 aliphatic rings. The minimum Gasteiger partial charge on any atom is -0.492 e. The normalized spacial score (nSPS) is 10.5. The molecule has 1 rings (SSSR count). The van der Waals surface area contributed by atoms with E-state index in [0.717, 1.165) is 12.3 Å². The lowest BCUT2D eigenvalue weighted by atomic mass is 10.3. The quantitative estimate of drug-likeness (QED) is 0.675. The van der Waals surface area contributed by atoms with Crippen molar-refractivity contribution in [3.63, 3.8) is 0 Å². The van der Waals surface area contributed by atoms with Crippen LogP contribution in [0.25, 0.3) is 0 Å². The molecule has 5 heteroatoms. The number of rotatable bonds is 7. The highest BCUT2D eigenvalue weighted by Gasteiger charge is 2.05. The number of anilines is 1. The summed E-state index contributed by atoms with van der Waals surface area (Å²) in [5.41, 5.74) is 11.4. The number of carbonyl (C=O) groups excluding carboxylic acids is 1. The van der Waals surface area contributed by atoms with Gasteiger partial charge in [0.15, 0.2) is 0 Å². The Morgan fingerprint density at radius 2 is 2.00 bits per heavy atom. The van der Waals surface area contributed by atoms with Gasteiger partial charge in [0.1, 0.15) is 12.4 Å². The Kier molecular flexibility index (Phi) is 5.29. The summed E-state index contributed by atoms with van der Waals surface area (Å²) in [5.74, 6) is 0.452. The monoisotopic (exact) mass is 237 g/mol. The zero-order valence-corrected chi connectivity index (χ0v) is 10.1. The second kappa shape index (κ2) is 6.75. The predicted molar refractivity (Wildman–Crippen MR) is 67.7 cm³/mol. The number of nitrogen functional groups attached to an aromatic ring is 1. The van der Waals surface area contributed by atoms with E-state index < -0.39 is 0 Å². The van der Waals surface area contributed by atoms with Crippen LogP contribution < -0.4 is 16.2 Å². The number of carbonyl (C=O) groups is 1. The minimum absolute atomic E-state index is 0.265. The van der Waals surface area contributed by atoms with Gasteiger partial charge in [0.05, 0.1) is 6.54 Å². The van der Waals surface area contributed by atoms with Gasteiger partial charge in [-0.15, -0.1) is 0 Å². The molecular formula is C12H19N3O2. The Hall–Kier alpha value is -1.75. The van der Waals surface area contributed by atoms with Crippen molar-refractivity contribution in [3.8, 4) is 5.75 Å². The molecule has 0 spiro atoms. The summed E-state index contributed by atoms with van der Waals surface area (Å²) in [7, 11) is 0. The molecule has 1 aromatic carbocycles. The van der Waals surface area contributed by atoms with E-state index in [1.54, 1.807) is 12.1 Å². The average Bonchev–Trinajstić information content (AvgIpc) is 2.30. The van der Waals surface area contributed by atoms with Gasteiger partial charge >= 0.3 is 0 Å². The summed E-state index contributed by atoms with van der Waals surface area (Å²) in [5, 5.41) is 0. The molecule has 0 heterocycles. The van der Waals surface area contributed by atoms with Crippen LogP contribution in [0.3, 0.4) is 0 Å². The van der Waals surface area contributed by atoms with Gasteiger partial charge < -0.3 is 16.2 Å². The topological polar surface area (TPSA) is 81.6 Å². The Labute approximate surface area is 101 Å². The molecule has 0 saturated heterocycles. The number of hydrogen-bond acceptors (Lipinski definition) is 4. The van der Waals surface area contributed by atoms with Crippen LogP contribution in [0.5, 0.6) is 5.75 Å². The maximum Gasteiger partial charge on any atom is 0.231 e. The van der Waals surface area contributed by atoms with E-state index in [-0.39, 0.29) is 12.5 Å². The van der Waals surface area contributed by atoms with E-state index in [9.17, 15) is 4.79 Å². The van der Waals surface area contributed by atoms with Crippen molar-refractivity contribution in [3.05, 3.63) is 24.3 Å². The number of ether oxygens (including phenoxy) is 1. The molecule has 5 nitrogen and oxygen atoms in total. The van der Waals surface area contributed by atoms with E-state index in [1.165, 1.54) is 0 Å². The third-order valence-corrected chi connectivity index (χ3v) is 2.38. The highest BCUT2D eigenvalue weighted by atomic mass is 16.5. The van der Waals surface area contributed by atoms with E-state index in [4.69, 9.17) is 16.2 Å². The first-order valence-corrected chi connectivity index (χ1v) is 5.60. The second-order valence-corrected chi connectivity index (χ2v) is 3.75. The van der Waals surface area contributed by atoms with Crippen LogP contribution in [0, 0.1) is 0 Å². The van der Waals surface area contributed by atoms with E-state index in [0.29, 0.717) is 18.8 Å². The molecule has 1 amide bonds. The van der Waals surface area contributed by atoms with Gasteiger partial charge in [-0.3, -0.25) is 9.69 Å². The summed E-state index contributed by atoms with van der Waals surface area (Å²) >= 11 is 0. The molecule has 17 heavy (non-hydrogen) atoms. The summed E-state index contributed by atoms with van der Waals surface area (Å²) in [6, 6.07) is 7.21. The Morgan fingerprint density at radius 3 is 2.53 bits per heavy atom. The van der Waals surface area contributed by atoms with Crippen molar-refractivity contribution < 1.29 is 9.53 Å². The number of primary amides is 1. The lowest BCUT2D eigenvalue weighted by Crippen LogP contribution is -2.36. The fourth-order valence-electron chi connectivity index (χ4n) is 1.43. The number of likely N-dealkylation sites (N-methyl/N-ethyl adjacent to an activating group) is 1. The predicted octanol–water partition coefficient (Wildman–Crippen LogP) is 0.455. The van der Waals surface area contributed by atoms with Crippen molar-refractivity contribution in [1.82, 2.24) is 4.90 Å². The van der Waals surface area contributed by atoms with Crippen LogP contribution in [-0.4, -0.2) is 37.0 Å². The van der Waals surface area contributed by atoms with Gasteiger partial charge in [-0.25, -0.2) is 0 Å². The standard InChI is InChI=1S/C12H19N3O2/c1-2-15(9-12(14)16)7-8-17-11-5-3-10(13)4-6-11/h3-6H,2,7-9,13H2,1H3,(H2,14,16). The van der Waals surface area contributed by atoms with Gasteiger partial charge in [-0.1, -0.05) is 6.92 Å². The largest absolute Gasteiger partial charge is 0.492 e. The average molecular weight is 237 g/mol. The zero-order valence-electron chi connectivity index (χ0n) is 10.1. The number of nitrogens with zero attached hydrogens (tertiary/aromatic N) is 1. The molecule has 0 aromatic heterocycles. The second-order valence-electron chi connectivity index (χ2n) is 3.75. The summed E-state index contributed by atoms with van der Waals surface area (Å²) in [4.78, 5) is 12.7. The highest BCUT2D eigenvalue weighted by molar-refractivity contribution is 5.75. The molecular weight excluding hydrogens is 218 g/mol. The molecule has 0 radical (unpaired) electrons. The Morgan fingerprint density at radius 1 is 1.35 bits per heavy atom. The van der Waals surface area contributed by atoms with Gasteiger partial charge in [0, 0.05) is 12.2 Å². The SMILES string of the molecule is CCN(CCOc1ccc(N)cc1)CC(N)=O. The molecule has 0 fully saturated rings. The summed E-state index contributed by atoms with van der Waals surface area (Å²) < 4.78 is 5.53. The Balaban J connectivity index is 2.30. The van der Waals surface area contributed by atoms with Crippen LogP contribution >= 0.6 is 0 Å². The van der Waals surface area contributed by atoms with Crippen LogP contribution in [0.15, 0.2) is 24.3 Å². The third kappa shape index (κ3) is 5.21. The number of nitrogens with two attached hydrogens (primary N) is 2. The lowest BCUT2D eigenvalue weighted by Gasteiger charge is -2.18. The van der Waals surface area contributed by atoms with Crippen LogP contribution in [0.1, 0.15) is 6.92 Å². The number of hydrogen-bond donors (Lipinski definition) is 2.